The van der Waals surface area contributed by atoms with Crippen LogP contribution in [0.15, 0.2) is 78.4 Å². The van der Waals surface area contributed by atoms with Crippen molar-refractivity contribution >= 4 is 23.1 Å². The molecule has 0 bridgehead atoms. The highest BCUT2D eigenvalue weighted by Crippen LogP contribution is 2.42. The van der Waals surface area contributed by atoms with Gasteiger partial charge < -0.3 is 9.84 Å². The van der Waals surface area contributed by atoms with E-state index >= 15 is 0 Å². The highest BCUT2D eigenvalue weighted by atomic mass is 19.1. The van der Waals surface area contributed by atoms with Crippen LogP contribution in [0.4, 0.5) is 10.1 Å². The van der Waals surface area contributed by atoms with E-state index in [1.165, 1.54) is 29.2 Å². The van der Waals surface area contributed by atoms with Crippen molar-refractivity contribution in [2.45, 2.75) is 19.9 Å². The van der Waals surface area contributed by atoms with Crippen LogP contribution in [0.1, 0.15) is 29.7 Å². The average molecular weight is 431 g/mol. The average Bonchev–Trinajstić information content (AvgIpc) is 3.06. The molecule has 1 amide bonds. The molecule has 6 heteroatoms. The molecule has 0 saturated carbocycles. The number of aliphatic hydroxyl groups is 1. The maximum atomic E-state index is 13.6. The summed E-state index contributed by atoms with van der Waals surface area (Å²) in [4.78, 5) is 27.5. The minimum Gasteiger partial charge on any atom is -0.507 e. The lowest BCUT2D eigenvalue weighted by atomic mass is 9.95. The number of hydrogen-bond donors (Lipinski definition) is 1. The van der Waals surface area contributed by atoms with Crippen LogP contribution in [-0.2, 0) is 9.59 Å². The summed E-state index contributed by atoms with van der Waals surface area (Å²) < 4.78 is 19.1. The van der Waals surface area contributed by atoms with Crippen LogP contribution in [0.25, 0.3) is 5.76 Å². The minimum atomic E-state index is -0.908. The van der Waals surface area contributed by atoms with Gasteiger partial charge in [-0.1, -0.05) is 42.0 Å². The molecule has 4 rings (SSSR count). The van der Waals surface area contributed by atoms with Gasteiger partial charge in [-0.25, -0.2) is 4.39 Å². The van der Waals surface area contributed by atoms with Crippen molar-refractivity contribution in [1.82, 2.24) is 0 Å². The van der Waals surface area contributed by atoms with E-state index in [-0.39, 0.29) is 11.3 Å². The van der Waals surface area contributed by atoms with Crippen LogP contribution in [0, 0.1) is 12.7 Å². The van der Waals surface area contributed by atoms with Crippen LogP contribution < -0.4 is 9.64 Å². The number of carbonyl (C=O) groups is 2. The molecule has 32 heavy (non-hydrogen) atoms. The number of Topliss-reactive ketones (excluding diaryl/α,β-unsaturated/α-hetero) is 1. The lowest BCUT2D eigenvalue weighted by molar-refractivity contribution is -0.132. The van der Waals surface area contributed by atoms with Gasteiger partial charge in [-0.3, -0.25) is 14.5 Å². The van der Waals surface area contributed by atoms with Crippen LogP contribution in [0.2, 0.25) is 0 Å². The SMILES string of the molecule is CCOc1ccc(N2C(=O)C(=O)/C(=C(/O)c3ccc(C)cc3)C2c2ccc(F)cc2)cc1. The summed E-state index contributed by atoms with van der Waals surface area (Å²) in [5, 5.41) is 11.1. The summed E-state index contributed by atoms with van der Waals surface area (Å²) in [7, 11) is 0. The zero-order valence-corrected chi connectivity index (χ0v) is 17.7. The van der Waals surface area contributed by atoms with Gasteiger partial charge in [0.2, 0.25) is 0 Å². The first kappa shape index (κ1) is 21.3. The smallest absolute Gasteiger partial charge is 0.300 e. The van der Waals surface area contributed by atoms with Crippen molar-refractivity contribution in [3.63, 3.8) is 0 Å². The van der Waals surface area contributed by atoms with E-state index in [0.29, 0.717) is 29.2 Å². The van der Waals surface area contributed by atoms with Crippen molar-refractivity contribution in [3.05, 3.63) is 101 Å². The Bertz CT molecular complexity index is 1180. The van der Waals surface area contributed by atoms with Crippen LogP contribution in [0.3, 0.4) is 0 Å². The van der Waals surface area contributed by atoms with E-state index < -0.39 is 23.5 Å². The fraction of sp³-hybridized carbons (Fsp3) is 0.154. The number of carbonyl (C=O) groups excluding carboxylic acids is 2. The highest BCUT2D eigenvalue weighted by Gasteiger charge is 2.46. The Morgan fingerprint density at radius 1 is 0.969 bits per heavy atom. The van der Waals surface area contributed by atoms with Gasteiger partial charge in [0.15, 0.2) is 0 Å². The third kappa shape index (κ3) is 3.87. The Kier molecular flexibility index (Phi) is 5.77. The molecule has 1 N–H and O–H groups in total. The first-order valence-electron chi connectivity index (χ1n) is 10.3. The van der Waals surface area contributed by atoms with Gasteiger partial charge in [-0.2, -0.15) is 0 Å². The van der Waals surface area contributed by atoms with Crippen LogP contribution in [-0.4, -0.2) is 23.4 Å². The maximum Gasteiger partial charge on any atom is 0.300 e. The molecule has 1 heterocycles. The monoisotopic (exact) mass is 431 g/mol. The molecular weight excluding hydrogens is 409 g/mol. The number of hydrogen-bond acceptors (Lipinski definition) is 4. The molecule has 0 spiro atoms. The number of anilines is 1. The van der Waals surface area contributed by atoms with Gasteiger partial charge in [0, 0.05) is 11.3 Å². The molecule has 0 aromatic heterocycles. The molecule has 3 aromatic carbocycles. The summed E-state index contributed by atoms with van der Waals surface area (Å²) in [6.07, 6.45) is 0. The van der Waals surface area contributed by atoms with Gasteiger partial charge in [-0.15, -0.1) is 0 Å². The van der Waals surface area contributed by atoms with Crippen molar-refractivity contribution in [2.24, 2.45) is 0 Å². The summed E-state index contributed by atoms with van der Waals surface area (Å²) in [6, 6.07) is 18.4. The third-order valence-corrected chi connectivity index (χ3v) is 5.38. The van der Waals surface area contributed by atoms with Crippen LogP contribution in [0.5, 0.6) is 5.75 Å². The molecule has 1 unspecified atom stereocenters. The molecule has 1 aliphatic rings. The number of nitrogens with zero attached hydrogens (tertiary/aromatic N) is 1. The molecule has 3 aromatic rings. The molecule has 1 fully saturated rings. The second kappa shape index (κ2) is 8.67. The number of rotatable bonds is 5. The standard InChI is InChI=1S/C26H22FNO4/c1-3-32-21-14-12-20(13-15-21)28-23(17-8-10-19(27)11-9-17)22(25(30)26(28)31)24(29)18-6-4-16(2)5-7-18/h4-15,23,29H,3H2,1-2H3/b24-22+. The van der Waals surface area contributed by atoms with Crippen molar-refractivity contribution in [3.8, 4) is 5.75 Å². The van der Waals surface area contributed by atoms with Gasteiger partial charge in [0.05, 0.1) is 18.2 Å². The number of halogens is 1. The zero-order chi connectivity index (χ0) is 22.8. The molecule has 1 atom stereocenters. The lowest BCUT2D eigenvalue weighted by Crippen LogP contribution is -2.29. The highest BCUT2D eigenvalue weighted by molar-refractivity contribution is 6.51. The first-order chi connectivity index (χ1) is 15.4. The summed E-state index contributed by atoms with van der Waals surface area (Å²) in [5.41, 5.74) is 2.35. The van der Waals surface area contributed by atoms with E-state index in [0.717, 1.165) is 5.56 Å². The number of ketones is 1. The Labute approximate surface area is 185 Å². The van der Waals surface area contributed by atoms with Gasteiger partial charge in [0.1, 0.15) is 17.3 Å². The third-order valence-electron chi connectivity index (χ3n) is 5.38. The number of benzene rings is 3. The van der Waals surface area contributed by atoms with E-state index in [9.17, 15) is 19.1 Å². The van der Waals surface area contributed by atoms with E-state index in [2.05, 4.69) is 0 Å². The van der Waals surface area contributed by atoms with E-state index in [1.54, 1.807) is 36.4 Å². The minimum absolute atomic E-state index is 0.0423. The lowest BCUT2D eigenvalue weighted by Gasteiger charge is -2.25. The first-order valence-corrected chi connectivity index (χ1v) is 10.3. The van der Waals surface area contributed by atoms with E-state index in [1.807, 2.05) is 26.0 Å². The normalized spacial score (nSPS) is 17.6. The predicted octanol–water partition coefficient (Wildman–Crippen LogP) is 5.16. The second-order valence-corrected chi connectivity index (χ2v) is 7.51. The molecule has 5 nitrogen and oxygen atoms in total. The number of amides is 1. The van der Waals surface area contributed by atoms with Gasteiger partial charge in [0.25, 0.3) is 11.7 Å². The molecule has 1 saturated heterocycles. The summed E-state index contributed by atoms with van der Waals surface area (Å²) in [5.74, 6) is -1.65. The maximum absolute atomic E-state index is 13.6. The molecule has 0 aliphatic carbocycles. The zero-order valence-electron chi connectivity index (χ0n) is 17.7. The van der Waals surface area contributed by atoms with Crippen LogP contribution >= 0.6 is 0 Å². The Balaban J connectivity index is 1.88. The number of ether oxygens (including phenoxy) is 1. The fourth-order valence-electron chi connectivity index (χ4n) is 3.80. The second-order valence-electron chi connectivity index (χ2n) is 7.51. The largest absolute Gasteiger partial charge is 0.507 e. The Hall–Kier alpha value is -3.93. The number of aliphatic hydroxyl groups excluding tert-OH is 1. The Morgan fingerprint density at radius 3 is 2.19 bits per heavy atom. The van der Waals surface area contributed by atoms with Gasteiger partial charge in [-0.05, 0) is 55.8 Å². The molecule has 1 aliphatic heterocycles. The van der Waals surface area contributed by atoms with Crippen molar-refractivity contribution < 1.29 is 23.8 Å². The van der Waals surface area contributed by atoms with Crippen molar-refractivity contribution in [1.29, 1.82) is 0 Å². The van der Waals surface area contributed by atoms with E-state index in [4.69, 9.17) is 4.74 Å². The Morgan fingerprint density at radius 2 is 1.59 bits per heavy atom. The topological polar surface area (TPSA) is 66.8 Å². The molecule has 162 valence electrons. The number of aryl methyl sites for hydroxylation is 1. The quantitative estimate of drug-likeness (QED) is 0.344. The molecular formula is C26H22FNO4. The summed E-state index contributed by atoms with van der Waals surface area (Å²) in [6.45, 7) is 4.27. The fourth-order valence-corrected chi connectivity index (χ4v) is 3.80. The van der Waals surface area contributed by atoms with Gasteiger partial charge >= 0.3 is 0 Å². The molecule has 0 radical (unpaired) electrons. The van der Waals surface area contributed by atoms with Crippen molar-refractivity contribution in [2.75, 3.05) is 11.5 Å². The predicted molar refractivity (Wildman–Crippen MR) is 120 cm³/mol. The summed E-state index contributed by atoms with van der Waals surface area (Å²) >= 11 is 0.